The molecule has 0 unspecified atom stereocenters. The van der Waals surface area contributed by atoms with E-state index in [-0.39, 0.29) is 5.25 Å². The normalized spacial score (nSPS) is 17.2. The summed E-state index contributed by atoms with van der Waals surface area (Å²) < 4.78 is 24.4. The Morgan fingerprint density at radius 2 is 2.29 bits per heavy atom. The molecule has 0 spiro atoms. The standard InChI is InChI=1S/C9H13NO2S2/c1-10-6-7-4-5-13-9(7)14(11,12)8-2-3-8/h4-5,8,10H,2-3,6H2,1H3. The zero-order valence-corrected chi connectivity index (χ0v) is 9.62. The second-order valence-corrected chi connectivity index (χ2v) is 6.85. The van der Waals surface area contributed by atoms with Gasteiger partial charge in [-0.2, -0.15) is 0 Å². The molecule has 0 aliphatic heterocycles. The van der Waals surface area contributed by atoms with Gasteiger partial charge >= 0.3 is 0 Å². The minimum Gasteiger partial charge on any atom is -0.316 e. The van der Waals surface area contributed by atoms with Crippen LogP contribution in [-0.2, 0) is 16.4 Å². The molecule has 0 saturated heterocycles. The molecule has 0 atom stereocenters. The smallest absolute Gasteiger partial charge is 0.190 e. The fourth-order valence-electron chi connectivity index (χ4n) is 1.42. The van der Waals surface area contributed by atoms with Crippen LogP contribution < -0.4 is 5.32 Å². The zero-order chi connectivity index (χ0) is 10.2. The molecule has 1 aromatic heterocycles. The summed E-state index contributed by atoms with van der Waals surface area (Å²) in [5.74, 6) is 0. The van der Waals surface area contributed by atoms with Gasteiger partial charge in [0.15, 0.2) is 9.84 Å². The van der Waals surface area contributed by atoms with Crippen molar-refractivity contribution in [3.63, 3.8) is 0 Å². The van der Waals surface area contributed by atoms with Crippen LogP contribution in [-0.4, -0.2) is 20.7 Å². The summed E-state index contributed by atoms with van der Waals surface area (Å²) in [7, 11) is -1.17. The molecule has 1 aliphatic carbocycles. The summed E-state index contributed by atoms with van der Waals surface area (Å²) in [6.07, 6.45) is 1.67. The van der Waals surface area contributed by atoms with E-state index in [1.165, 1.54) is 11.3 Å². The number of nitrogens with one attached hydrogen (secondary N) is 1. The molecule has 0 amide bonds. The van der Waals surface area contributed by atoms with Crippen LogP contribution in [0, 0.1) is 0 Å². The van der Waals surface area contributed by atoms with E-state index in [1.807, 2.05) is 18.5 Å². The SMILES string of the molecule is CNCc1ccsc1S(=O)(=O)C1CC1. The topological polar surface area (TPSA) is 46.2 Å². The van der Waals surface area contributed by atoms with Crippen molar-refractivity contribution in [3.8, 4) is 0 Å². The number of sulfone groups is 1. The predicted octanol–water partition coefficient (Wildman–Crippen LogP) is 1.40. The molecule has 2 rings (SSSR count). The van der Waals surface area contributed by atoms with E-state index >= 15 is 0 Å². The Hall–Kier alpha value is -0.390. The van der Waals surface area contributed by atoms with Gasteiger partial charge in [-0.05, 0) is 36.9 Å². The van der Waals surface area contributed by atoms with Crippen LogP contribution >= 0.6 is 11.3 Å². The molecule has 1 aromatic rings. The first-order chi connectivity index (χ1) is 6.66. The van der Waals surface area contributed by atoms with Crippen LogP contribution in [0.3, 0.4) is 0 Å². The van der Waals surface area contributed by atoms with Crippen molar-refractivity contribution in [1.82, 2.24) is 5.32 Å². The average molecular weight is 231 g/mol. The van der Waals surface area contributed by atoms with Crippen LogP contribution in [0.25, 0.3) is 0 Å². The Kier molecular flexibility index (Phi) is 2.64. The van der Waals surface area contributed by atoms with Gasteiger partial charge in [-0.3, -0.25) is 0 Å². The van der Waals surface area contributed by atoms with E-state index in [0.717, 1.165) is 18.4 Å². The maximum atomic E-state index is 11.9. The molecule has 78 valence electrons. The molecule has 0 bridgehead atoms. The minimum atomic E-state index is -3.00. The highest BCUT2D eigenvalue weighted by Crippen LogP contribution is 2.37. The van der Waals surface area contributed by atoms with Gasteiger partial charge in [0.2, 0.25) is 0 Å². The second kappa shape index (κ2) is 3.64. The van der Waals surface area contributed by atoms with Crippen molar-refractivity contribution in [1.29, 1.82) is 0 Å². The summed E-state index contributed by atoms with van der Waals surface area (Å²) in [6.45, 7) is 0.630. The number of thiophene rings is 1. The molecule has 1 aliphatic rings. The van der Waals surface area contributed by atoms with Gasteiger partial charge in [0.1, 0.15) is 4.21 Å². The Morgan fingerprint density at radius 3 is 2.86 bits per heavy atom. The monoisotopic (exact) mass is 231 g/mol. The lowest BCUT2D eigenvalue weighted by Crippen LogP contribution is -2.11. The molecule has 0 radical (unpaired) electrons. The summed E-state index contributed by atoms with van der Waals surface area (Å²) in [6, 6.07) is 1.89. The fraction of sp³-hybridized carbons (Fsp3) is 0.556. The van der Waals surface area contributed by atoms with Gasteiger partial charge in [0.05, 0.1) is 5.25 Å². The predicted molar refractivity (Wildman–Crippen MR) is 57.3 cm³/mol. The van der Waals surface area contributed by atoms with E-state index in [2.05, 4.69) is 5.32 Å². The van der Waals surface area contributed by atoms with Crippen LogP contribution in [0.15, 0.2) is 15.7 Å². The summed E-state index contributed by atoms with van der Waals surface area (Å²) in [5.41, 5.74) is 0.907. The Labute approximate surface area is 88.1 Å². The van der Waals surface area contributed by atoms with E-state index < -0.39 is 9.84 Å². The molecular formula is C9H13NO2S2. The first kappa shape index (κ1) is 10.1. The van der Waals surface area contributed by atoms with Gasteiger partial charge in [-0.1, -0.05) is 0 Å². The van der Waals surface area contributed by atoms with E-state index in [0.29, 0.717) is 10.8 Å². The van der Waals surface area contributed by atoms with Crippen LogP contribution in [0.5, 0.6) is 0 Å². The fourth-order valence-corrected chi connectivity index (χ4v) is 4.75. The molecular weight excluding hydrogens is 218 g/mol. The quantitative estimate of drug-likeness (QED) is 0.852. The lowest BCUT2D eigenvalue weighted by molar-refractivity contribution is 0.595. The van der Waals surface area contributed by atoms with Crippen molar-refractivity contribution in [2.75, 3.05) is 7.05 Å². The summed E-state index contributed by atoms with van der Waals surface area (Å²) in [4.78, 5) is 0. The largest absolute Gasteiger partial charge is 0.316 e. The van der Waals surface area contributed by atoms with E-state index in [1.54, 1.807) is 0 Å². The van der Waals surface area contributed by atoms with Crippen molar-refractivity contribution in [2.24, 2.45) is 0 Å². The van der Waals surface area contributed by atoms with Crippen LogP contribution in [0.4, 0.5) is 0 Å². The summed E-state index contributed by atoms with van der Waals surface area (Å²) >= 11 is 1.34. The molecule has 3 nitrogen and oxygen atoms in total. The third-order valence-electron chi connectivity index (χ3n) is 2.30. The molecule has 0 aromatic carbocycles. The first-order valence-electron chi connectivity index (χ1n) is 4.61. The number of hydrogen-bond donors (Lipinski definition) is 1. The first-order valence-corrected chi connectivity index (χ1v) is 7.03. The van der Waals surface area contributed by atoms with Crippen molar-refractivity contribution < 1.29 is 8.42 Å². The highest BCUT2D eigenvalue weighted by Gasteiger charge is 2.38. The highest BCUT2D eigenvalue weighted by atomic mass is 32.2. The Morgan fingerprint density at radius 1 is 1.57 bits per heavy atom. The molecule has 1 saturated carbocycles. The van der Waals surface area contributed by atoms with Crippen molar-refractivity contribution in [3.05, 3.63) is 17.0 Å². The molecule has 1 N–H and O–H groups in total. The third kappa shape index (κ3) is 1.71. The zero-order valence-electron chi connectivity index (χ0n) is 7.99. The van der Waals surface area contributed by atoms with Gasteiger partial charge < -0.3 is 5.32 Å². The van der Waals surface area contributed by atoms with Gasteiger partial charge in [0.25, 0.3) is 0 Å². The molecule has 14 heavy (non-hydrogen) atoms. The number of rotatable bonds is 4. The molecule has 1 heterocycles. The second-order valence-electron chi connectivity index (χ2n) is 3.51. The maximum Gasteiger partial charge on any atom is 0.190 e. The highest BCUT2D eigenvalue weighted by molar-refractivity contribution is 7.94. The average Bonchev–Trinajstić information content (AvgIpc) is 2.88. The van der Waals surface area contributed by atoms with Gasteiger partial charge in [-0.25, -0.2) is 8.42 Å². The molecule has 1 fully saturated rings. The minimum absolute atomic E-state index is 0.100. The maximum absolute atomic E-state index is 11.9. The number of hydrogen-bond acceptors (Lipinski definition) is 4. The summed E-state index contributed by atoms with van der Waals surface area (Å²) in [5, 5.41) is 4.73. The van der Waals surface area contributed by atoms with E-state index in [4.69, 9.17) is 0 Å². The van der Waals surface area contributed by atoms with Crippen molar-refractivity contribution in [2.45, 2.75) is 28.8 Å². The van der Waals surface area contributed by atoms with Gasteiger partial charge in [-0.15, -0.1) is 11.3 Å². The van der Waals surface area contributed by atoms with E-state index in [9.17, 15) is 8.42 Å². The lowest BCUT2D eigenvalue weighted by Gasteiger charge is -2.03. The third-order valence-corrected chi connectivity index (χ3v) is 6.16. The Balaban J connectivity index is 2.35. The van der Waals surface area contributed by atoms with Gasteiger partial charge in [0, 0.05) is 6.54 Å². The Bertz CT molecular complexity index is 418. The van der Waals surface area contributed by atoms with Crippen LogP contribution in [0.1, 0.15) is 18.4 Å². The lowest BCUT2D eigenvalue weighted by atomic mass is 10.3. The van der Waals surface area contributed by atoms with Crippen LogP contribution in [0.2, 0.25) is 0 Å². The molecule has 5 heteroatoms. The van der Waals surface area contributed by atoms with Crippen molar-refractivity contribution >= 4 is 21.2 Å².